The number of methoxy groups -OCH3 is 1. The molecule has 0 spiro atoms. The third-order valence-electron chi connectivity index (χ3n) is 8.15. The molecular weight excluding hydrogens is 637 g/mol. The van der Waals surface area contributed by atoms with Gasteiger partial charge in [-0.15, -0.1) is 0 Å². The Bertz CT molecular complexity index is 2450. The van der Waals surface area contributed by atoms with Crippen molar-refractivity contribution in [1.29, 1.82) is 0 Å². The summed E-state index contributed by atoms with van der Waals surface area (Å²) in [6.07, 6.45) is 2.68. The summed E-state index contributed by atoms with van der Waals surface area (Å²) < 4.78 is 64.4. The smallest absolute Gasteiger partial charge is 0.255 e. The maximum atomic E-state index is 13.8. The minimum absolute atomic E-state index is 0.212. The van der Waals surface area contributed by atoms with Crippen molar-refractivity contribution >= 4 is 43.7 Å². The number of rotatable bonds is 8. The van der Waals surface area contributed by atoms with Gasteiger partial charge in [-0.1, -0.05) is 12.1 Å². The average molecular weight is 666 g/mol. The molecule has 0 saturated heterocycles. The van der Waals surface area contributed by atoms with Crippen molar-refractivity contribution in [2.24, 2.45) is 0 Å². The first-order chi connectivity index (χ1) is 23.1. The van der Waals surface area contributed by atoms with Crippen LogP contribution in [0.25, 0.3) is 67.3 Å². The number of fused-ring (bicyclic) bond motifs is 2. The molecule has 0 bridgehead atoms. The molecule has 0 saturated carbocycles. The first kappa shape index (κ1) is 30.8. The van der Waals surface area contributed by atoms with E-state index in [2.05, 4.69) is 5.32 Å². The molecule has 0 aliphatic rings. The molecule has 10 nitrogen and oxygen atoms in total. The van der Waals surface area contributed by atoms with E-state index < -0.39 is 21.7 Å². The highest BCUT2D eigenvalue weighted by Crippen LogP contribution is 2.44. The molecule has 0 aliphatic heterocycles. The highest BCUT2D eigenvalue weighted by Gasteiger charge is 2.27. The Morgan fingerprint density at radius 3 is 2.35 bits per heavy atom. The van der Waals surface area contributed by atoms with Crippen molar-refractivity contribution in [3.63, 3.8) is 0 Å². The van der Waals surface area contributed by atoms with Crippen molar-refractivity contribution in [1.82, 2.24) is 10.3 Å². The lowest BCUT2D eigenvalue weighted by atomic mass is 9.97. The number of furan rings is 2. The van der Waals surface area contributed by atoms with Crippen LogP contribution < -0.4 is 14.4 Å². The number of carbonyl (C=O) groups is 1. The van der Waals surface area contributed by atoms with Gasteiger partial charge in [0.05, 0.1) is 36.4 Å². The number of amides is 1. The molecule has 3 heterocycles. The van der Waals surface area contributed by atoms with E-state index >= 15 is 0 Å². The van der Waals surface area contributed by atoms with Crippen LogP contribution >= 0.6 is 0 Å². The summed E-state index contributed by atoms with van der Waals surface area (Å²) in [5.74, 6) is 0.713. The van der Waals surface area contributed by atoms with Crippen molar-refractivity contribution in [3.8, 4) is 51.0 Å². The maximum absolute atomic E-state index is 13.8. The number of hydrogen-bond acceptors (Lipinski definition) is 8. The minimum Gasteiger partial charge on any atom is -0.496 e. The minimum atomic E-state index is -3.75. The number of anilines is 1. The fourth-order valence-electron chi connectivity index (χ4n) is 5.69. The van der Waals surface area contributed by atoms with E-state index in [0.29, 0.717) is 55.9 Å². The van der Waals surface area contributed by atoms with Crippen LogP contribution in [0.4, 0.5) is 10.1 Å². The number of ether oxygens (including phenoxy) is 1. The zero-order valence-electron chi connectivity index (χ0n) is 26.2. The summed E-state index contributed by atoms with van der Waals surface area (Å²) in [5.41, 5.74) is 4.70. The van der Waals surface area contributed by atoms with Crippen LogP contribution in [-0.2, 0) is 10.0 Å². The number of para-hydroxylation sites is 1. The fraction of sp³-hybridized carbons (Fsp3) is 0.111. The number of carbonyl (C=O) groups excluding carboxylic acids is 1. The quantitative estimate of drug-likeness (QED) is 0.175. The molecule has 7 aromatic rings. The molecular formula is C36H28FN3O7S. The maximum Gasteiger partial charge on any atom is 0.255 e. The van der Waals surface area contributed by atoms with Gasteiger partial charge in [0.15, 0.2) is 5.58 Å². The van der Waals surface area contributed by atoms with Gasteiger partial charge in [-0.05, 0) is 72.3 Å². The Morgan fingerprint density at radius 2 is 1.67 bits per heavy atom. The molecule has 12 heteroatoms. The van der Waals surface area contributed by atoms with Crippen LogP contribution in [0.3, 0.4) is 0 Å². The van der Waals surface area contributed by atoms with E-state index in [1.165, 1.54) is 45.5 Å². The first-order valence-corrected chi connectivity index (χ1v) is 16.6. The Balaban J connectivity index is 1.47. The van der Waals surface area contributed by atoms with Gasteiger partial charge in [0.2, 0.25) is 15.9 Å². The van der Waals surface area contributed by atoms with Crippen LogP contribution in [-0.4, -0.2) is 46.8 Å². The van der Waals surface area contributed by atoms with E-state index in [9.17, 15) is 17.6 Å². The second-order valence-electron chi connectivity index (χ2n) is 11.1. The standard InChI is InChI=1S/C36H28FN3O7S/c1-38-35(41)32-25-18-24(27(40(2)48(4,42)43)19-31(25)46-34(32)20-10-13-22(37)14-11-20)21-12-15-28(44-3)26(17-21)36-39-33-23(29-9-6-16-45-29)7-5-8-30(33)47-36/h5-19H,1-4H3,(H,38,41). The lowest BCUT2D eigenvalue weighted by Gasteiger charge is -2.21. The van der Waals surface area contributed by atoms with Crippen LogP contribution in [0.1, 0.15) is 10.4 Å². The van der Waals surface area contributed by atoms with E-state index in [-0.39, 0.29) is 22.8 Å². The second-order valence-corrected chi connectivity index (χ2v) is 13.1. The highest BCUT2D eigenvalue weighted by atomic mass is 32.2. The second kappa shape index (κ2) is 11.7. The summed E-state index contributed by atoms with van der Waals surface area (Å²) in [6.45, 7) is 0. The number of nitrogens with zero attached hydrogens (tertiary/aromatic N) is 2. The van der Waals surface area contributed by atoms with Crippen LogP contribution in [0.2, 0.25) is 0 Å². The Morgan fingerprint density at radius 1 is 0.896 bits per heavy atom. The van der Waals surface area contributed by atoms with E-state index in [1.54, 1.807) is 48.7 Å². The zero-order valence-corrected chi connectivity index (χ0v) is 27.0. The van der Waals surface area contributed by atoms with E-state index in [0.717, 1.165) is 16.1 Å². The molecule has 242 valence electrons. The predicted molar refractivity (Wildman–Crippen MR) is 181 cm³/mol. The SMILES string of the molecule is CNC(=O)c1c(-c2ccc(F)cc2)oc2cc(N(C)S(C)(=O)=O)c(-c3ccc(OC)c(-c4nc5c(-c6ccco6)cccc5o4)c3)cc12. The van der Waals surface area contributed by atoms with Crippen LogP contribution in [0.15, 0.2) is 104 Å². The van der Waals surface area contributed by atoms with Gasteiger partial charge in [0.25, 0.3) is 5.91 Å². The van der Waals surface area contributed by atoms with Gasteiger partial charge in [0, 0.05) is 42.2 Å². The summed E-state index contributed by atoms with van der Waals surface area (Å²) in [4.78, 5) is 18.1. The zero-order chi connectivity index (χ0) is 33.7. The lowest BCUT2D eigenvalue weighted by molar-refractivity contribution is 0.0964. The third kappa shape index (κ3) is 5.25. The lowest BCUT2D eigenvalue weighted by Crippen LogP contribution is -2.25. The number of benzene rings is 4. The van der Waals surface area contributed by atoms with Crippen molar-refractivity contribution in [2.45, 2.75) is 0 Å². The molecule has 4 aromatic carbocycles. The highest BCUT2D eigenvalue weighted by molar-refractivity contribution is 7.92. The molecule has 0 fully saturated rings. The molecule has 1 N–H and O–H groups in total. The molecule has 0 atom stereocenters. The summed E-state index contributed by atoms with van der Waals surface area (Å²) in [5, 5.41) is 3.08. The van der Waals surface area contributed by atoms with Gasteiger partial charge in [-0.3, -0.25) is 9.10 Å². The van der Waals surface area contributed by atoms with Gasteiger partial charge >= 0.3 is 0 Å². The molecule has 0 radical (unpaired) electrons. The Labute approximate surface area is 274 Å². The van der Waals surface area contributed by atoms with Crippen molar-refractivity contribution in [2.75, 3.05) is 31.8 Å². The van der Waals surface area contributed by atoms with Gasteiger partial charge in [-0.2, -0.15) is 0 Å². The number of aromatic nitrogens is 1. The number of sulfonamides is 1. The molecule has 7 rings (SSSR count). The average Bonchev–Trinajstić information content (AvgIpc) is 3.85. The van der Waals surface area contributed by atoms with E-state index in [4.69, 9.17) is 23.0 Å². The molecule has 1 amide bonds. The number of nitrogens with one attached hydrogen (secondary N) is 1. The molecule has 0 aliphatic carbocycles. The van der Waals surface area contributed by atoms with Crippen molar-refractivity contribution < 1.29 is 35.6 Å². The summed E-state index contributed by atoms with van der Waals surface area (Å²) >= 11 is 0. The van der Waals surface area contributed by atoms with Gasteiger partial charge < -0.3 is 23.3 Å². The number of halogens is 1. The van der Waals surface area contributed by atoms with Gasteiger partial charge in [0.1, 0.15) is 34.2 Å². The van der Waals surface area contributed by atoms with Crippen molar-refractivity contribution in [3.05, 3.63) is 103 Å². The Kier molecular flexibility index (Phi) is 7.52. The Hall–Kier alpha value is -5.88. The third-order valence-corrected chi connectivity index (χ3v) is 9.34. The normalized spacial score (nSPS) is 11.7. The summed E-state index contributed by atoms with van der Waals surface area (Å²) in [7, 11) is 0.713. The van der Waals surface area contributed by atoms with E-state index in [1.807, 2.05) is 18.2 Å². The van der Waals surface area contributed by atoms with Gasteiger partial charge in [-0.25, -0.2) is 17.8 Å². The number of hydrogen-bond donors (Lipinski definition) is 1. The molecule has 48 heavy (non-hydrogen) atoms. The van der Waals surface area contributed by atoms with Crippen LogP contribution in [0.5, 0.6) is 5.75 Å². The topological polar surface area (TPSA) is 128 Å². The monoisotopic (exact) mass is 665 g/mol. The first-order valence-electron chi connectivity index (χ1n) is 14.7. The van der Waals surface area contributed by atoms with Crippen LogP contribution in [0, 0.1) is 5.82 Å². The number of oxazole rings is 1. The molecule has 0 unspecified atom stereocenters. The predicted octanol–water partition coefficient (Wildman–Crippen LogP) is 7.74. The summed E-state index contributed by atoms with van der Waals surface area (Å²) in [6, 6.07) is 23.3. The molecule has 3 aromatic heterocycles. The fourth-order valence-corrected chi connectivity index (χ4v) is 6.20. The largest absolute Gasteiger partial charge is 0.496 e.